The van der Waals surface area contributed by atoms with Crippen LogP contribution in [0.4, 0.5) is 0 Å². The Bertz CT molecular complexity index is 899. The van der Waals surface area contributed by atoms with E-state index < -0.39 is 23.9 Å². The SMILES string of the molecule is CC(CC(O)[C@@H](O)C(C)(C)O)C1=C2C[C@H](O)[C@H]3[C@@]4(C)CCC(=O)C(C)(C)[C@@H]4CC[C@]3(C)[C@@]2(C)CC1. The number of carbonyl (C=O) groups excluding carboxylic acids is 1. The molecule has 4 N–H and O–H groups in total. The summed E-state index contributed by atoms with van der Waals surface area (Å²) in [5, 5.41) is 43.0. The van der Waals surface area contributed by atoms with E-state index in [1.807, 2.05) is 0 Å². The monoisotopic (exact) mass is 490 g/mol. The minimum absolute atomic E-state index is 0.0140. The second kappa shape index (κ2) is 8.38. The van der Waals surface area contributed by atoms with Crippen LogP contribution in [-0.2, 0) is 4.79 Å². The number of carbonyl (C=O) groups is 1. The van der Waals surface area contributed by atoms with Crippen LogP contribution in [0.3, 0.4) is 0 Å². The highest BCUT2D eigenvalue weighted by Gasteiger charge is 2.69. The van der Waals surface area contributed by atoms with Crippen molar-refractivity contribution in [2.75, 3.05) is 0 Å². The molecule has 0 spiro atoms. The number of hydrogen-bond donors (Lipinski definition) is 4. The van der Waals surface area contributed by atoms with Gasteiger partial charge in [0.05, 0.1) is 17.8 Å². The first-order chi connectivity index (χ1) is 15.9. The highest BCUT2D eigenvalue weighted by molar-refractivity contribution is 5.85. The van der Waals surface area contributed by atoms with E-state index in [0.29, 0.717) is 31.0 Å². The molecule has 200 valence electrons. The number of ketones is 1. The average molecular weight is 491 g/mol. The minimum atomic E-state index is -1.36. The van der Waals surface area contributed by atoms with Crippen LogP contribution in [0.1, 0.15) is 107 Å². The smallest absolute Gasteiger partial charge is 0.138 e. The number of aliphatic hydroxyl groups excluding tert-OH is 3. The van der Waals surface area contributed by atoms with Crippen molar-refractivity contribution in [2.45, 2.75) is 131 Å². The van der Waals surface area contributed by atoms with Gasteiger partial charge in [-0.25, -0.2) is 0 Å². The van der Waals surface area contributed by atoms with Gasteiger partial charge in [0, 0.05) is 11.8 Å². The molecule has 0 saturated heterocycles. The molecule has 0 amide bonds. The molecule has 0 radical (unpaired) electrons. The summed E-state index contributed by atoms with van der Waals surface area (Å²) in [6.45, 7) is 16.6. The summed E-state index contributed by atoms with van der Waals surface area (Å²) in [6, 6.07) is 0. The quantitative estimate of drug-likeness (QED) is 0.415. The van der Waals surface area contributed by atoms with Crippen LogP contribution in [0, 0.1) is 39.4 Å². The molecule has 3 fully saturated rings. The molecule has 2 unspecified atom stereocenters. The van der Waals surface area contributed by atoms with Crippen molar-refractivity contribution in [3.8, 4) is 0 Å². The van der Waals surface area contributed by atoms with Crippen LogP contribution in [0.25, 0.3) is 0 Å². The van der Waals surface area contributed by atoms with E-state index in [1.54, 1.807) is 0 Å². The maximum Gasteiger partial charge on any atom is 0.138 e. The van der Waals surface area contributed by atoms with Gasteiger partial charge in [0.1, 0.15) is 11.9 Å². The predicted octanol–water partition coefficient (Wildman–Crippen LogP) is 4.79. The van der Waals surface area contributed by atoms with Gasteiger partial charge in [0.2, 0.25) is 0 Å². The summed E-state index contributed by atoms with van der Waals surface area (Å²) in [6.07, 6.45) is 3.96. The third-order valence-corrected chi connectivity index (χ3v) is 11.9. The molecule has 0 aromatic rings. The van der Waals surface area contributed by atoms with Crippen molar-refractivity contribution in [1.82, 2.24) is 0 Å². The minimum Gasteiger partial charge on any atom is -0.392 e. The summed E-state index contributed by atoms with van der Waals surface area (Å²) < 4.78 is 0. The summed E-state index contributed by atoms with van der Waals surface area (Å²) in [7, 11) is 0. The predicted molar refractivity (Wildman–Crippen MR) is 138 cm³/mol. The average Bonchev–Trinajstić information content (AvgIpc) is 3.07. The molecule has 0 aliphatic heterocycles. The van der Waals surface area contributed by atoms with E-state index in [4.69, 9.17) is 0 Å². The van der Waals surface area contributed by atoms with E-state index in [1.165, 1.54) is 25.0 Å². The molecule has 0 aromatic heterocycles. The number of rotatable bonds is 5. The number of allylic oxidation sites excluding steroid dienone is 1. The van der Waals surface area contributed by atoms with Gasteiger partial charge in [0.25, 0.3) is 0 Å². The van der Waals surface area contributed by atoms with Gasteiger partial charge in [0.15, 0.2) is 0 Å². The molecule has 5 nitrogen and oxygen atoms in total. The third kappa shape index (κ3) is 3.82. The van der Waals surface area contributed by atoms with Gasteiger partial charge in [-0.3, -0.25) is 4.79 Å². The molecule has 35 heavy (non-hydrogen) atoms. The number of fused-ring (bicyclic) bond motifs is 5. The van der Waals surface area contributed by atoms with Gasteiger partial charge in [-0.15, -0.1) is 0 Å². The van der Waals surface area contributed by atoms with Gasteiger partial charge in [-0.2, -0.15) is 0 Å². The van der Waals surface area contributed by atoms with E-state index in [2.05, 4.69) is 41.5 Å². The molecule has 4 aliphatic carbocycles. The zero-order valence-corrected chi connectivity index (χ0v) is 23.3. The van der Waals surface area contributed by atoms with Crippen LogP contribution in [-0.4, -0.2) is 50.1 Å². The molecule has 0 bridgehead atoms. The zero-order chi connectivity index (χ0) is 26.4. The fourth-order valence-corrected chi connectivity index (χ4v) is 9.77. The van der Waals surface area contributed by atoms with Crippen molar-refractivity contribution >= 4 is 5.78 Å². The topological polar surface area (TPSA) is 98.0 Å². The van der Waals surface area contributed by atoms with E-state index in [-0.39, 0.29) is 33.5 Å². The first-order valence-corrected chi connectivity index (χ1v) is 13.9. The second-order valence-electron chi connectivity index (χ2n) is 14.5. The Labute approximate surface area is 212 Å². The molecular weight excluding hydrogens is 440 g/mol. The molecular formula is C30H50O5. The number of Topliss-reactive ketones (excluding diaryl/α,β-unsaturated/α-hetero) is 1. The van der Waals surface area contributed by atoms with E-state index in [9.17, 15) is 25.2 Å². The molecule has 4 rings (SSSR count). The standard InChI is InChI=1S/C30H50O5/c1-17(15-21(32)25(34)27(4,5)35)18-9-13-29(7)19(18)16-20(31)24-28(6)12-11-23(33)26(2,3)22(28)10-14-30(24,29)8/h17,20-22,24-25,31-32,34-35H,9-16H2,1-8H3/t17?,20-,21?,22-,24-,25+,28-,29-,30-/m0/s1. The van der Waals surface area contributed by atoms with Gasteiger partial charge >= 0.3 is 0 Å². The van der Waals surface area contributed by atoms with Crippen molar-refractivity contribution < 1.29 is 25.2 Å². The van der Waals surface area contributed by atoms with Crippen LogP contribution in [0.15, 0.2) is 11.1 Å². The Kier molecular flexibility index (Phi) is 6.53. The highest BCUT2D eigenvalue weighted by Crippen LogP contribution is 2.74. The van der Waals surface area contributed by atoms with Crippen LogP contribution < -0.4 is 0 Å². The Balaban J connectivity index is 1.68. The zero-order valence-electron chi connectivity index (χ0n) is 23.3. The lowest BCUT2D eigenvalue weighted by molar-refractivity contribution is -0.208. The summed E-state index contributed by atoms with van der Waals surface area (Å²) in [5.74, 6) is 0.914. The Hall–Kier alpha value is -0.750. The van der Waals surface area contributed by atoms with Crippen molar-refractivity contribution in [2.24, 2.45) is 39.4 Å². The molecule has 3 saturated carbocycles. The van der Waals surface area contributed by atoms with Gasteiger partial charge in [-0.05, 0) is 92.8 Å². The van der Waals surface area contributed by atoms with Gasteiger partial charge < -0.3 is 20.4 Å². The summed E-state index contributed by atoms with van der Waals surface area (Å²) in [5.41, 5.74) is 0.895. The first-order valence-electron chi connectivity index (χ1n) is 13.9. The first kappa shape index (κ1) is 27.3. The molecule has 5 heteroatoms. The summed E-state index contributed by atoms with van der Waals surface area (Å²) >= 11 is 0. The van der Waals surface area contributed by atoms with E-state index >= 15 is 0 Å². The summed E-state index contributed by atoms with van der Waals surface area (Å²) in [4.78, 5) is 12.9. The van der Waals surface area contributed by atoms with Crippen LogP contribution in [0.5, 0.6) is 0 Å². The fourth-order valence-electron chi connectivity index (χ4n) is 9.77. The molecule has 9 atom stereocenters. The van der Waals surface area contributed by atoms with Gasteiger partial charge in [-0.1, -0.05) is 52.7 Å². The third-order valence-electron chi connectivity index (χ3n) is 11.9. The lowest BCUT2D eigenvalue weighted by Gasteiger charge is -2.69. The molecule has 0 heterocycles. The lowest BCUT2D eigenvalue weighted by atomic mass is 9.36. The van der Waals surface area contributed by atoms with Crippen LogP contribution in [0.2, 0.25) is 0 Å². The maximum absolute atomic E-state index is 12.9. The van der Waals surface area contributed by atoms with Crippen molar-refractivity contribution in [1.29, 1.82) is 0 Å². The van der Waals surface area contributed by atoms with Crippen LogP contribution >= 0.6 is 0 Å². The Morgan fingerprint density at radius 3 is 2.26 bits per heavy atom. The normalized spacial score (nSPS) is 43.8. The van der Waals surface area contributed by atoms with Crippen molar-refractivity contribution in [3.05, 3.63) is 11.1 Å². The van der Waals surface area contributed by atoms with E-state index in [0.717, 1.165) is 32.1 Å². The molecule has 4 aliphatic rings. The lowest BCUT2D eigenvalue weighted by Crippen LogP contribution is -2.65. The Morgan fingerprint density at radius 1 is 1.03 bits per heavy atom. The Morgan fingerprint density at radius 2 is 1.66 bits per heavy atom. The molecule has 0 aromatic carbocycles. The highest BCUT2D eigenvalue weighted by atomic mass is 16.4. The number of hydrogen-bond acceptors (Lipinski definition) is 5. The fraction of sp³-hybridized carbons (Fsp3) is 0.900. The maximum atomic E-state index is 12.9. The van der Waals surface area contributed by atoms with Crippen molar-refractivity contribution in [3.63, 3.8) is 0 Å². The number of aliphatic hydroxyl groups is 4. The largest absolute Gasteiger partial charge is 0.392 e. The second-order valence-corrected chi connectivity index (χ2v) is 14.5.